The highest BCUT2D eigenvalue weighted by molar-refractivity contribution is 6.09. The van der Waals surface area contributed by atoms with Crippen LogP contribution in [-0.2, 0) is 4.79 Å². The summed E-state index contributed by atoms with van der Waals surface area (Å²) < 4.78 is 24.0. The number of carbonyl (C=O) groups is 1. The Balaban J connectivity index is 1.79. The molecule has 1 N–H and O–H groups in total. The van der Waals surface area contributed by atoms with E-state index in [1.807, 2.05) is 6.07 Å². The fourth-order valence-electron chi connectivity index (χ4n) is 2.23. The summed E-state index contributed by atoms with van der Waals surface area (Å²) in [7, 11) is 0. The Morgan fingerprint density at radius 1 is 1.17 bits per heavy atom. The fourth-order valence-corrected chi connectivity index (χ4v) is 2.23. The Hall–Kier alpha value is -3.33. The van der Waals surface area contributed by atoms with Gasteiger partial charge in [-0.1, -0.05) is 12.1 Å². The summed E-state index contributed by atoms with van der Waals surface area (Å²) >= 11 is 0. The maximum Gasteiger partial charge on any atom is 0.266 e. The first-order valence-corrected chi connectivity index (χ1v) is 7.24. The maximum atomic E-state index is 13.2. The minimum atomic E-state index is -0.585. The lowest BCUT2D eigenvalue weighted by Gasteiger charge is -2.18. The number of anilines is 1. The normalized spacial score (nSPS) is 13.1. The number of amides is 1. The Kier molecular flexibility index (Phi) is 4.43. The van der Waals surface area contributed by atoms with Gasteiger partial charge >= 0.3 is 0 Å². The molecule has 2 aromatic carbocycles. The van der Waals surface area contributed by atoms with Crippen LogP contribution in [-0.4, -0.2) is 19.1 Å². The third-order valence-corrected chi connectivity index (χ3v) is 3.32. The van der Waals surface area contributed by atoms with Gasteiger partial charge < -0.3 is 14.8 Å². The number of nitrogens with zero attached hydrogens (tertiary/aromatic N) is 1. The molecular formula is C18H13FN2O3. The lowest BCUT2D eigenvalue weighted by molar-refractivity contribution is -0.112. The second-order valence-electron chi connectivity index (χ2n) is 5.04. The van der Waals surface area contributed by atoms with Crippen LogP contribution in [0.1, 0.15) is 5.56 Å². The summed E-state index contributed by atoms with van der Waals surface area (Å²) in [4.78, 5) is 12.2. The number of hydrogen-bond donors (Lipinski definition) is 1. The lowest BCUT2D eigenvalue weighted by Crippen LogP contribution is -2.17. The van der Waals surface area contributed by atoms with Gasteiger partial charge in [0, 0.05) is 11.8 Å². The van der Waals surface area contributed by atoms with Crippen molar-refractivity contribution >= 4 is 17.7 Å². The third kappa shape index (κ3) is 3.52. The van der Waals surface area contributed by atoms with Gasteiger partial charge in [0.25, 0.3) is 5.91 Å². The molecule has 24 heavy (non-hydrogen) atoms. The average Bonchev–Trinajstić information content (AvgIpc) is 2.59. The first kappa shape index (κ1) is 15.6. The Morgan fingerprint density at radius 2 is 1.96 bits per heavy atom. The van der Waals surface area contributed by atoms with Crippen molar-refractivity contribution < 1.29 is 18.7 Å². The number of fused-ring (bicyclic) bond motifs is 1. The highest BCUT2D eigenvalue weighted by atomic mass is 19.1. The van der Waals surface area contributed by atoms with Gasteiger partial charge in [0.2, 0.25) is 0 Å². The largest absolute Gasteiger partial charge is 0.486 e. The number of hydrogen-bond acceptors (Lipinski definition) is 4. The second-order valence-corrected chi connectivity index (χ2v) is 5.04. The van der Waals surface area contributed by atoms with Crippen molar-refractivity contribution in [3.63, 3.8) is 0 Å². The van der Waals surface area contributed by atoms with E-state index in [4.69, 9.17) is 9.47 Å². The molecule has 1 aliphatic rings. The smallest absolute Gasteiger partial charge is 0.266 e. The minimum Gasteiger partial charge on any atom is -0.486 e. The van der Waals surface area contributed by atoms with E-state index in [1.165, 1.54) is 24.3 Å². The number of nitriles is 1. The van der Waals surface area contributed by atoms with Gasteiger partial charge in [0.05, 0.1) is 0 Å². The van der Waals surface area contributed by atoms with Gasteiger partial charge in [0.1, 0.15) is 30.7 Å². The van der Waals surface area contributed by atoms with Crippen molar-refractivity contribution in [2.75, 3.05) is 18.5 Å². The highest BCUT2D eigenvalue weighted by Crippen LogP contribution is 2.32. The molecule has 2 aromatic rings. The number of benzene rings is 2. The molecule has 1 amide bonds. The topological polar surface area (TPSA) is 71.4 Å². The van der Waals surface area contributed by atoms with Crippen LogP contribution in [0, 0.1) is 17.1 Å². The first-order chi connectivity index (χ1) is 11.7. The van der Waals surface area contributed by atoms with E-state index in [9.17, 15) is 14.4 Å². The molecule has 5 nitrogen and oxygen atoms in total. The number of rotatable bonds is 3. The molecule has 6 heteroatoms. The molecule has 1 aliphatic heterocycles. The van der Waals surface area contributed by atoms with E-state index in [2.05, 4.69) is 5.32 Å². The van der Waals surface area contributed by atoms with Crippen LogP contribution in [0.5, 0.6) is 11.5 Å². The molecule has 0 bridgehead atoms. The predicted molar refractivity (Wildman–Crippen MR) is 86.1 cm³/mol. The molecule has 0 atom stereocenters. The van der Waals surface area contributed by atoms with E-state index >= 15 is 0 Å². The summed E-state index contributed by atoms with van der Waals surface area (Å²) in [5, 5.41) is 11.8. The lowest BCUT2D eigenvalue weighted by atomic mass is 10.1. The van der Waals surface area contributed by atoms with Gasteiger partial charge in [-0.2, -0.15) is 5.26 Å². The number of nitrogens with one attached hydrogen (secondary N) is 1. The van der Waals surface area contributed by atoms with Gasteiger partial charge in [-0.05, 0) is 35.9 Å². The Morgan fingerprint density at radius 3 is 2.71 bits per heavy atom. The van der Waals surface area contributed by atoms with Crippen LogP contribution in [0.3, 0.4) is 0 Å². The zero-order chi connectivity index (χ0) is 16.9. The molecule has 0 spiro atoms. The van der Waals surface area contributed by atoms with Crippen LogP contribution < -0.4 is 14.8 Å². The molecule has 120 valence electrons. The second kappa shape index (κ2) is 6.84. The molecule has 0 aliphatic carbocycles. The van der Waals surface area contributed by atoms with Crippen LogP contribution in [0.25, 0.3) is 6.08 Å². The summed E-state index contributed by atoms with van der Waals surface area (Å²) in [6.07, 6.45) is 1.33. The molecule has 1 heterocycles. The zero-order valence-corrected chi connectivity index (χ0v) is 12.6. The number of halogens is 1. The van der Waals surface area contributed by atoms with Crippen molar-refractivity contribution in [2.24, 2.45) is 0 Å². The van der Waals surface area contributed by atoms with E-state index in [-0.39, 0.29) is 5.57 Å². The molecule has 0 saturated heterocycles. The van der Waals surface area contributed by atoms with Crippen LogP contribution in [0.2, 0.25) is 0 Å². The fraction of sp³-hybridized carbons (Fsp3) is 0.111. The zero-order valence-electron chi connectivity index (χ0n) is 12.6. The first-order valence-electron chi connectivity index (χ1n) is 7.24. The number of carbonyl (C=O) groups excluding carboxylic acids is 1. The quantitative estimate of drug-likeness (QED) is 0.695. The minimum absolute atomic E-state index is 0.129. The molecular weight excluding hydrogens is 311 g/mol. The van der Waals surface area contributed by atoms with Crippen molar-refractivity contribution in [2.45, 2.75) is 0 Å². The number of ether oxygens (including phenoxy) is 2. The predicted octanol–water partition coefficient (Wildman–Crippen LogP) is 3.14. The van der Waals surface area contributed by atoms with E-state index in [0.717, 1.165) is 0 Å². The van der Waals surface area contributed by atoms with Crippen LogP contribution in [0.15, 0.2) is 48.0 Å². The molecule has 3 rings (SSSR count). The van der Waals surface area contributed by atoms with Gasteiger partial charge in [-0.15, -0.1) is 0 Å². The third-order valence-electron chi connectivity index (χ3n) is 3.32. The Labute approximate surface area is 137 Å². The van der Waals surface area contributed by atoms with Crippen molar-refractivity contribution in [1.29, 1.82) is 5.26 Å². The monoisotopic (exact) mass is 324 g/mol. The van der Waals surface area contributed by atoms with Crippen molar-refractivity contribution in [3.8, 4) is 17.6 Å². The molecule has 0 radical (unpaired) electrons. The van der Waals surface area contributed by atoms with Crippen molar-refractivity contribution in [3.05, 3.63) is 59.4 Å². The van der Waals surface area contributed by atoms with E-state index in [1.54, 1.807) is 24.3 Å². The van der Waals surface area contributed by atoms with Crippen molar-refractivity contribution in [1.82, 2.24) is 0 Å². The van der Waals surface area contributed by atoms with Crippen LogP contribution in [0.4, 0.5) is 10.1 Å². The summed E-state index contributed by atoms with van der Waals surface area (Å²) in [5.41, 5.74) is 0.781. The highest BCUT2D eigenvalue weighted by Gasteiger charge is 2.14. The van der Waals surface area contributed by atoms with Gasteiger partial charge in [-0.3, -0.25) is 4.79 Å². The van der Waals surface area contributed by atoms with Gasteiger partial charge in [0.15, 0.2) is 11.5 Å². The van der Waals surface area contributed by atoms with E-state index < -0.39 is 11.7 Å². The van der Waals surface area contributed by atoms with E-state index in [0.29, 0.717) is 36.0 Å². The molecule has 0 fully saturated rings. The SMILES string of the molecule is N#C/C(=C/c1cccc(F)c1)C(=O)Nc1ccc2c(c1)OCCO2. The summed E-state index contributed by atoms with van der Waals surface area (Å²) in [6, 6.07) is 12.4. The molecule has 0 unspecified atom stereocenters. The summed E-state index contributed by atoms with van der Waals surface area (Å²) in [5.74, 6) is 0.119. The van der Waals surface area contributed by atoms with Crippen LogP contribution >= 0.6 is 0 Å². The van der Waals surface area contributed by atoms with Gasteiger partial charge in [-0.25, -0.2) is 4.39 Å². The summed E-state index contributed by atoms with van der Waals surface area (Å²) in [6.45, 7) is 0.918. The molecule has 0 aromatic heterocycles. The maximum absolute atomic E-state index is 13.2. The standard InChI is InChI=1S/C18H13FN2O3/c19-14-3-1-2-12(9-14)8-13(11-20)18(22)21-15-4-5-16-17(10-15)24-7-6-23-16/h1-5,8-10H,6-7H2,(H,21,22)/b13-8-. The average molecular weight is 324 g/mol. The molecule has 0 saturated carbocycles. The Bertz CT molecular complexity index is 856.